The van der Waals surface area contributed by atoms with E-state index in [1.165, 1.54) is 12.1 Å². The van der Waals surface area contributed by atoms with E-state index in [4.69, 9.17) is 5.73 Å². The van der Waals surface area contributed by atoms with Crippen molar-refractivity contribution in [3.8, 4) is 0 Å². The van der Waals surface area contributed by atoms with Crippen LogP contribution in [0.5, 0.6) is 0 Å². The average molecular weight is 335 g/mol. The van der Waals surface area contributed by atoms with E-state index in [1.807, 2.05) is 0 Å². The van der Waals surface area contributed by atoms with Gasteiger partial charge in [-0.1, -0.05) is 17.8 Å². The Morgan fingerprint density at radius 3 is 2.87 bits per heavy atom. The molecule has 0 aliphatic rings. The van der Waals surface area contributed by atoms with Crippen LogP contribution < -0.4 is 16.6 Å². The van der Waals surface area contributed by atoms with Crippen LogP contribution in [-0.4, -0.2) is 26.6 Å². The van der Waals surface area contributed by atoms with Crippen LogP contribution in [0.4, 0.5) is 17.2 Å². The third-order valence-corrected chi connectivity index (χ3v) is 3.58. The number of nitrogen functional groups attached to an aromatic ring is 1. The van der Waals surface area contributed by atoms with Crippen LogP contribution in [0, 0.1) is 17.0 Å². The Morgan fingerprint density at radius 2 is 2.22 bits per heavy atom. The van der Waals surface area contributed by atoms with E-state index < -0.39 is 16.4 Å². The maximum absolute atomic E-state index is 11.9. The fraction of sp³-hybridized carbons (Fsp3) is 0.154. The van der Waals surface area contributed by atoms with Crippen molar-refractivity contribution in [3.05, 3.63) is 50.3 Å². The summed E-state index contributed by atoms with van der Waals surface area (Å²) in [5.41, 5.74) is 5.66. The summed E-state index contributed by atoms with van der Waals surface area (Å²) in [6, 6.07) is 5.63. The van der Waals surface area contributed by atoms with Gasteiger partial charge in [-0.25, -0.2) is 4.98 Å². The third-order valence-electron chi connectivity index (χ3n) is 2.70. The molecule has 0 saturated carbocycles. The van der Waals surface area contributed by atoms with Crippen LogP contribution in [0.15, 0.2) is 34.2 Å². The molecule has 0 aliphatic carbocycles. The molecule has 1 aromatic carbocycles. The molecule has 0 spiro atoms. The van der Waals surface area contributed by atoms with Crippen molar-refractivity contribution < 1.29 is 9.72 Å². The van der Waals surface area contributed by atoms with E-state index in [2.05, 4.69) is 15.3 Å². The molecule has 1 heterocycles. The predicted molar refractivity (Wildman–Crippen MR) is 86.5 cm³/mol. The number of amides is 1. The number of aromatic amines is 1. The monoisotopic (exact) mass is 335 g/mol. The number of nitrogens with two attached hydrogens (primary N) is 1. The number of anilines is 2. The molecule has 0 bridgehead atoms. The zero-order valence-electron chi connectivity index (χ0n) is 12.0. The smallest absolute Gasteiger partial charge is 0.293 e. The number of nitro groups is 1. The molecule has 0 atom stereocenters. The number of carbonyl (C=O) groups excluding carboxylic acids is 1. The number of rotatable bonds is 5. The maximum atomic E-state index is 11.9. The van der Waals surface area contributed by atoms with Gasteiger partial charge in [-0.2, -0.15) is 0 Å². The number of carbonyl (C=O) groups is 1. The molecule has 0 unspecified atom stereocenters. The summed E-state index contributed by atoms with van der Waals surface area (Å²) in [7, 11) is 0. The van der Waals surface area contributed by atoms with Crippen LogP contribution in [-0.2, 0) is 4.79 Å². The third kappa shape index (κ3) is 4.54. The highest BCUT2D eigenvalue weighted by atomic mass is 32.2. The van der Waals surface area contributed by atoms with Crippen molar-refractivity contribution in [2.45, 2.75) is 12.1 Å². The molecule has 2 aromatic rings. The van der Waals surface area contributed by atoms with Gasteiger partial charge in [-0.15, -0.1) is 0 Å². The van der Waals surface area contributed by atoms with Crippen LogP contribution in [0.3, 0.4) is 0 Å². The maximum Gasteiger partial charge on any atom is 0.293 e. The fourth-order valence-electron chi connectivity index (χ4n) is 1.74. The number of aromatic nitrogens is 2. The minimum absolute atomic E-state index is 0.0471. The highest BCUT2D eigenvalue weighted by Gasteiger charge is 2.16. The van der Waals surface area contributed by atoms with Gasteiger partial charge in [0.1, 0.15) is 11.5 Å². The lowest BCUT2D eigenvalue weighted by molar-refractivity contribution is -0.384. The number of nitrogens with zero attached hydrogens (tertiary/aromatic N) is 2. The second-order valence-corrected chi connectivity index (χ2v) is 5.55. The van der Waals surface area contributed by atoms with Crippen molar-refractivity contribution in [1.82, 2.24) is 9.97 Å². The molecule has 10 heteroatoms. The largest absolute Gasteiger partial charge is 0.383 e. The van der Waals surface area contributed by atoms with Crippen molar-refractivity contribution in [2.24, 2.45) is 0 Å². The molecule has 1 amide bonds. The van der Waals surface area contributed by atoms with Gasteiger partial charge in [0.2, 0.25) is 5.91 Å². The van der Waals surface area contributed by atoms with Crippen molar-refractivity contribution >= 4 is 34.9 Å². The second-order valence-electron chi connectivity index (χ2n) is 4.59. The molecule has 120 valence electrons. The lowest BCUT2D eigenvalue weighted by atomic mass is 10.2. The first-order chi connectivity index (χ1) is 10.8. The summed E-state index contributed by atoms with van der Waals surface area (Å²) in [5, 5.41) is 13.7. The minimum Gasteiger partial charge on any atom is -0.383 e. The SMILES string of the molecule is Cc1ccc(NC(=O)CSc2nc(N)cc(=O)[nH]2)c([N+](=O)[O-])c1. The van der Waals surface area contributed by atoms with Gasteiger partial charge in [0.15, 0.2) is 5.16 Å². The first-order valence-corrected chi connectivity index (χ1v) is 7.38. The van der Waals surface area contributed by atoms with Gasteiger partial charge in [0, 0.05) is 12.1 Å². The topological polar surface area (TPSA) is 144 Å². The van der Waals surface area contributed by atoms with E-state index >= 15 is 0 Å². The van der Waals surface area contributed by atoms with Crippen LogP contribution in [0.1, 0.15) is 5.56 Å². The number of hydrogen-bond acceptors (Lipinski definition) is 7. The number of nitro benzene ring substituents is 1. The zero-order chi connectivity index (χ0) is 17.0. The number of H-pyrrole nitrogens is 1. The van der Waals surface area contributed by atoms with E-state index in [0.717, 1.165) is 17.8 Å². The zero-order valence-corrected chi connectivity index (χ0v) is 12.8. The van der Waals surface area contributed by atoms with Gasteiger partial charge < -0.3 is 16.0 Å². The van der Waals surface area contributed by atoms with Crippen molar-refractivity contribution in [1.29, 1.82) is 0 Å². The molecule has 4 N–H and O–H groups in total. The number of nitrogens with one attached hydrogen (secondary N) is 2. The Balaban J connectivity index is 2.05. The number of benzene rings is 1. The fourth-order valence-corrected chi connectivity index (χ4v) is 2.42. The second kappa shape index (κ2) is 6.92. The molecule has 0 aliphatic heterocycles. The number of hydrogen-bond donors (Lipinski definition) is 3. The van der Waals surface area contributed by atoms with Crippen LogP contribution in [0.2, 0.25) is 0 Å². The Labute approximate surface area is 134 Å². The Kier molecular flexibility index (Phi) is 4.96. The summed E-state index contributed by atoms with van der Waals surface area (Å²) < 4.78 is 0. The molecule has 23 heavy (non-hydrogen) atoms. The molecule has 0 radical (unpaired) electrons. The lowest BCUT2D eigenvalue weighted by Crippen LogP contribution is -2.16. The van der Waals surface area contributed by atoms with Gasteiger partial charge in [-0.3, -0.25) is 19.7 Å². The molecule has 2 rings (SSSR count). The van der Waals surface area contributed by atoms with Gasteiger partial charge in [0.25, 0.3) is 11.2 Å². The Bertz CT molecular complexity index is 820. The first kappa shape index (κ1) is 16.5. The summed E-state index contributed by atoms with van der Waals surface area (Å²) >= 11 is 0.965. The Morgan fingerprint density at radius 1 is 1.48 bits per heavy atom. The number of aryl methyl sites for hydroxylation is 1. The van der Waals surface area contributed by atoms with Gasteiger partial charge in [0.05, 0.1) is 10.7 Å². The summed E-state index contributed by atoms with van der Waals surface area (Å²) in [6.45, 7) is 1.72. The molecule has 0 saturated heterocycles. The predicted octanol–water partition coefficient (Wildman–Crippen LogP) is 1.30. The van der Waals surface area contributed by atoms with Crippen molar-refractivity contribution in [3.63, 3.8) is 0 Å². The highest BCUT2D eigenvalue weighted by Crippen LogP contribution is 2.25. The molecular formula is C13H13N5O4S. The van der Waals surface area contributed by atoms with E-state index in [0.29, 0.717) is 5.56 Å². The quantitative estimate of drug-likeness (QED) is 0.323. The van der Waals surface area contributed by atoms with Gasteiger partial charge in [-0.05, 0) is 18.6 Å². The highest BCUT2D eigenvalue weighted by molar-refractivity contribution is 7.99. The van der Waals surface area contributed by atoms with Crippen LogP contribution in [0.25, 0.3) is 0 Å². The molecule has 1 aromatic heterocycles. The lowest BCUT2D eigenvalue weighted by Gasteiger charge is -2.06. The minimum atomic E-state index is -0.563. The van der Waals surface area contributed by atoms with E-state index in [9.17, 15) is 19.7 Å². The van der Waals surface area contributed by atoms with Gasteiger partial charge >= 0.3 is 0 Å². The molecular weight excluding hydrogens is 322 g/mol. The number of thioether (sulfide) groups is 1. The summed E-state index contributed by atoms with van der Waals surface area (Å²) in [6.07, 6.45) is 0. The van der Waals surface area contributed by atoms with E-state index in [-0.39, 0.29) is 28.1 Å². The van der Waals surface area contributed by atoms with Crippen LogP contribution >= 0.6 is 11.8 Å². The standard InChI is InChI=1S/C13H13N5O4S/c1-7-2-3-8(9(4-7)18(21)22)15-12(20)6-23-13-16-10(14)5-11(19)17-13/h2-5H,6H2,1H3,(H,15,20)(H3,14,16,17,19). The summed E-state index contributed by atoms with van der Waals surface area (Å²) in [4.78, 5) is 39.9. The first-order valence-electron chi connectivity index (χ1n) is 6.39. The van der Waals surface area contributed by atoms with Crippen molar-refractivity contribution in [2.75, 3.05) is 16.8 Å². The summed E-state index contributed by atoms with van der Waals surface area (Å²) in [5.74, 6) is -0.505. The average Bonchev–Trinajstić information content (AvgIpc) is 2.46. The molecule has 9 nitrogen and oxygen atoms in total. The Hall–Kier alpha value is -2.88. The normalized spacial score (nSPS) is 10.3. The molecule has 0 fully saturated rings. The van der Waals surface area contributed by atoms with E-state index in [1.54, 1.807) is 13.0 Å².